The van der Waals surface area contributed by atoms with Crippen LogP contribution < -0.4 is 4.74 Å². The summed E-state index contributed by atoms with van der Waals surface area (Å²) in [5, 5.41) is 0. The average molecular weight is 398 g/mol. The predicted molar refractivity (Wildman–Crippen MR) is 98.2 cm³/mol. The van der Waals surface area contributed by atoms with E-state index < -0.39 is 10.0 Å². The number of nitrogens with zero attached hydrogens (tertiary/aromatic N) is 2. The smallest absolute Gasteiger partial charge is 0.253 e. The van der Waals surface area contributed by atoms with Gasteiger partial charge in [-0.15, -0.1) is 0 Å². The number of likely N-dealkylation sites (tertiary alicyclic amines) is 1. The van der Waals surface area contributed by atoms with Crippen LogP contribution in [0.3, 0.4) is 0 Å². The van der Waals surface area contributed by atoms with Crippen molar-refractivity contribution in [3.05, 3.63) is 23.8 Å². The normalized spacial score (nSPS) is 19.6. The Labute approximate surface area is 160 Å². The fourth-order valence-electron chi connectivity index (χ4n) is 3.41. The highest BCUT2D eigenvalue weighted by Gasteiger charge is 2.32. The summed E-state index contributed by atoms with van der Waals surface area (Å²) in [6, 6.07) is 4.52. The third-order valence-electron chi connectivity index (χ3n) is 5.03. The molecule has 27 heavy (non-hydrogen) atoms. The van der Waals surface area contributed by atoms with Crippen molar-refractivity contribution < 1.29 is 27.4 Å². The van der Waals surface area contributed by atoms with E-state index in [1.165, 1.54) is 33.3 Å². The van der Waals surface area contributed by atoms with E-state index in [1.54, 1.807) is 11.0 Å². The molecule has 0 bridgehead atoms. The fraction of sp³-hybridized carbons (Fsp3) is 0.611. The molecular weight excluding hydrogens is 372 g/mol. The van der Waals surface area contributed by atoms with Crippen molar-refractivity contribution >= 4 is 15.9 Å². The Morgan fingerprint density at radius 2 is 1.81 bits per heavy atom. The lowest BCUT2D eigenvalue weighted by Gasteiger charge is -2.34. The fourth-order valence-corrected chi connectivity index (χ4v) is 4.49. The summed E-state index contributed by atoms with van der Waals surface area (Å²) in [6.07, 6.45) is 1.44. The number of amides is 1. The van der Waals surface area contributed by atoms with E-state index in [2.05, 4.69) is 0 Å². The molecule has 0 saturated carbocycles. The highest BCUT2D eigenvalue weighted by molar-refractivity contribution is 7.89. The molecule has 0 aliphatic carbocycles. The van der Waals surface area contributed by atoms with Gasteiger partial charge in [-0.05, 0) is 31.0 Å². The van der Waals surface area contributed by atoms with E-state index >= 15 is 0 Å². The van der Waals surface area contributed by atoms with E-state index in [4.69, 9.17) is 14.2 Å². The van der Waals surface area contributed by atoms with Crippen LogP contribution in [-0.2, 0) is 19.5 Å². The first-order valence-corrected chi connectivity index (χ1v) is 10.4. The summed E-state index contributed by atoms with van der Waals surface area (Å²) >= 11 is 0. The van der Waals surface area contributed by atoms with Crippen LogP contribution in [0.1, 0.15) is 23.2 Å². The zero-order valence-electron chi connectivity index (χ0n) is 15.9. The molecule has 150 valence electrons. The van der Waals surface area contributed by atoms with E-state index in [1.807, 2.05) is 0 Å². The molecule has 2 fully saturated rings. The Hall–Kier alpha value is -1.68. The lowest BCUT2D eigenvalue weighted by Crippen LogP contribution is -2.41. The standard InChI is InChI=1S/C18H26N2O6S/c1-19(2)27(22,23)16-12-14(4-5-15(16)24-3)17(21)20-8-6-13(7-9-20)18-25-10-11-26-18/h4-5,12-13,18H,6-11H2,1-3H3. The molecule has 0 unspecified atom stereocenters. The highest BCUT2D eigenvalue weighted by atomic mass is 32.2. The monoisotopic (exact) mass is 398 g/mol. The predicted octanol–water partition coefficient (Wildman–Crippen LogP) is 1.17. The molecule has 0 radical (unpaired) electrons. The van der Waals surface area contributed by atoms with Gasteiger partial charge in [0.25, 0.3) is 5.91 Å². The lowest BCUT2D eigenvalue weighted by molar-refractivity contribution is -0.0956. The quantitative estimate of drug-likeness (QED) is 0.740. The summed E-state index contributed by atoms with van der Waals surface area (Å²) < 4.78 is 42.5. The summed E-state index contributed by atoms with van der Waals surface area (Å²) in [5.74, 6) is 0.325. The first-order valence-electron chi connectivity index (χ1n) is 8.97. The van der Waals surface area contributed by atoms with Gasteiger partial charge in [-0.1, -0.05) is 0 Å². The first kappa shape index (κ1) is 20.1. The van der Waals surface area contributed by atoms with Crippen LogP contribution in [0.15, 0.2) is 23.1 Å². The van der Waals surface area contributed by atoms with Crippen molar-refractivity contribution in [2.75, 3.05) is 47.5 Å². The number of rotatable bonds is 5. The Kier molecular flexibility index (Phi) is 6.05. The molecular formula is C18H26N2O6S. The number of sulfonamides is 1. The van der Waals surface area contributed by atoms with Gasteiger partial charge in [-0.25, -0.2) is 12.7 Å². The van der Waals surface area contributed by atoms with Crippen LogP contribution in [0, 0.1) is 5.92 Å². The molecule has 2 aliphatic heterocycles. The number of ether oxygens (including phenoxy) is 3. The largest absolute Gasteiger partial charge is 0.495 e. The van der Waals surface area contributed by atoms with E-state index in [0.717, 1.165) is 17.1 Å². The zero-order valence-corrected chi connectivity index (χ0v) is 16.7. The topological polar surface area (TPSA) is 85.4 Å². The third-order valence-corrected chi connectivity index (χ3v) is 6.86. The maximum atomic E-state index is 12.9. The van der Waals surface area contributed by atoms with Crippen LogP contribution in [-0.4, -0.2) is 77.3 Å². The molecule has 2 saturated heterocycles. The second-order valence-electron chi connectivity index (χ2n) is 6.89. The van der Waals surface area contributed by atoms with Gasteiger partial charge in [-0.2, -0.15) is 0 Å². The number of benzene rings is 1. The van der Waals surface area contributed by atoms with Gasteiger partial charge in [0.15, 0.2) is 6.29 Å². The minimum Gasteiger partial charge on any atom is -0.495 e. The Morgan fingerprint density at radius 1 is 1.19 bits per heavy atom. The zero-order chi connectivity index (χ0) is 19.6. The molecule has 8 nitrogen and oxygen atoms in total. The third kappa shape index (κ3) is 4.11. The highest BCUT2D eigenvalue weighted by Crippen LogP contribution is 2.29. The molecule has 9 heteroatoms. The van der Waals surface area contributed by atoms with E-state index in [9.17, 15) is 13.2 Å². The molecule has 0 atom stereocenters. The van der Waals surface area contributed by atoms with Crippen molar-refractivity contribution in [3.63, 3.8) is 0 Å². The second-order valence-corrected chi connectivity index (χ2v) is 9.01. The van der Waals surface area contributed by atoms with Crippen molar-refractivity contribution in [1.29, 1.82) is 0 Å². The Morgan fingerprint density at radius 3 is 2.37 bits per heavy atom. The van der Waals surface area contributed by atoms with Crippen LogP contribution >= 0.6 is 0 Å². The van der Waals surface area contributed by atoms with Gasteiger partial charge < -0.3 is 19.1 Å². The lowest BCUT2D eigenvalue weighted by atomic mass is 9.95. The number of carbonyl (C=O) groups excluding carboxylic acids is 1. The minimum atomic E-state index is -3.72. The van der Waals surface area contributed by atoms with Gasteiger partial charge in [0, 0.05) is 38.7 Å². The second kappa shape index (κ2) is 8.14. The summed E-state index contributed by atoms with van der Waals surface area (Å²) in [4.78, 5) is 14.6. The summed E-state index contributed by atoms with van der Waals surface area (Å²) in [7, 11) is 0.576. The average Bonchev–Trinajstić information content (AvgIpc) is 3.21. The molecule has 1 amide bonds. The first-order chi connectivity index (χ1) is 12.8. The van der Waals surface area contributed by atoms with Crippen LogP contribution in [0.2, 0.25) is 0 Å². The van der Waals surface area contributed by atoms with Gasteiger partial charge >= 0.3 is 0 Å². The molecule has 1 aromatic rings. The Bertz CT molecular complexity index is 781. The number of piperidine rings is 1. The molecule has 3 rings (SSSR count). The number of methoxy groups -OCH3 is 1. The summed E-state index contributed by atoms with van der Waals surface area (Å²) in [6.45, 7) is 2.43. The van der Waals surface area contributed by atoms with Crippen molar-refractivity contribution in [2.45, 2.75) is 24.0 Å². The number of hydrogen-bond acceptors (Lipinski definition) is 6. The summed E-state index contributed by atoms with van der Waals surface area (Å²) in [5.41, 5.74) is 0.336. The van der Waals surface area contributed by atoms with Gasteiger partial charge in [0.2, 0.25) is 10.0 Å². The van der Waals surface area contributed by atoms with Crippen molar-refractivity contribution in [1.82, 2.24) is 9.21 Å². The Balaban J connectivity index is 1.75. The molecule has 0 N–H and O–H groups in total. The van der Waals surface area contributed by atoms with Crippen LogP contribution in [0.25, 0.3) is 0 Å². The van der Waals surface area contributed by atoms with Crippen LogP contribution in [0.4, 0.5) is 0 Å². The van der Waals surface area contributed by atoms with Gasteiger partial charge in [0.1, 0.15) is 10.6 Å². The van der Waals surface area contributed by atoms with Gasteiger partial charge in [-0.3, -0.25) is 4.79 Å². The van der Waals surface area contributed by atoms with Crippen molar-refractivity contribution in [2.24, 2.45) is 5.92 Å². The van der Waals surface area contributed by atoms with Crippen molar-refractivity contribution in [3.8, 4) is 5.75 Å². The van der Waals surface area contributed by atoms with E-state index in [-0.39, 0.29) is 28.8 Å². The molecule has 0 spiro atoms. The number of hydrogen-bond donors (Lipinski definition) is 0. The minimum absolute atomic E-state index is 0.0107. The molecule has 0 aromatic heterocycles. The number of carbonyl (C=O) groups is 1. The van der Waals surface area contributed by atoms with E-state index in [0.29, 0.717) is 31.9 Å². The maximum absolute atomic E-state index is 12.9. The van der Waals surface area contributed by atoms with Gasteiger partial charge in [0.05, 0.1) is 20.3 Å². The maximum Gasteiger partial charge on any atom is 0.253 e. The molecule has 1 aromatic carbocycles. The molecule has 2 aliphatic rings. The van der Waals surface area contributed by atoms with Crippen LogP contribution in [0.5, 0.6) is 5.75 Å². The molecule has 2 heterocycles. The SMILES string of the molecule is COc1ccc(C(=O)N2CCC(C3OCCO3)CC2)cc1S(=O)(=O)N(C)C.